The first-order valence-electron chi connectivity index (χ1n) is 11.7. The number of hydrogen-bond donors (Lipinski definition) is 2. The van der Waals surface area contributed by atoms with Gasteiger partial charge in [-0.15, -0.1) is 0 Å². The van der Waals surface area contributed by atoms with Crippen LogP contribution in [0.4, 0.5) is 0 Å². The molecule has 0 saturated heterocycles. The number of guanidine groups is 1. The highest BCUT2D eigenvalue weighted by atomic mass is 16.5. The average molecular weight is 441 g/mol. The van der Waals surface area contributed by atoms with Gasteiger partial charge in [0.25, 0.3) is 0 Å². The molecule has 1 fully saturated rings. The van der Waals surface area contributed by atoms with E-state index in [9.17, 15) is 0 Å². The van der Waals surface area contributed by atoms with E-state index in [1.165, 1.54) is 24.8 Å². The molecule has 0 spiro atoms. The molecular weight excluding hydrogens is 404 g/mol. The summed E-state index contributed by atoms with van der Waals surface area (Å²) < 4.78 is 13.1. The molecule has 0 bridgehead atoms. The van der Waals surface area contributed by atoms with E-state index in [0.29, 0.717) is 0 Å². The molecule has 8 nitrogen and oxygen atoms in total. The van der Waals surface area contributed by atoms with Gasteiger partial charge in [0, 0.05) is 31.5 Å². The van der Waals surface area contributed by atoms with Crippen molar-refractivity contribution in [3.63, 3.8) is 0 Å². The van der Waals surface area contributed by atoms with Crippen LogP contribution in [-0.2, 0) is 18.4 Å². The monoisotopic (exact) mass is 440 g/mol. The second kappa shape index (κ2) is 9.79. The first kappa shape index (κ1) is 22.4. The van der Waals surface area contributed by atoms with Crippen molar-refractivity contribution >= 4 is 5.96 Å². The molecule has 2 heterocycles. The Morgan fingerprint density at radius 2 is 1.97 bits per heavy atom. The van der Waals surface area contributed by atoms with Crippen molar-refractivity contribution < 1.29 is 9.47 Å². The summed E-state index contributed by atoms with van der Waals surface area (Å²) >= 11 is 0. The number of nitrogens with zero attached hydrogens (tertiary/aromatic N) is 4. The van der Waals surface area contributed by atoms with Crippen LogP contribution in [0, 0.1) is 6.92 Å². The van der Waals surface area contributed by atoms with Crippen molar-refractivity contribution in [2.75, 3.05) is 27.8 Å². The Kier molecular flexibility index (Phi) is 6.86. The SMILES string of the molecule is CN=C(NCC1(c2ccc(OC)c(OC)c2)CCCCC1)NC1CCc2nc(C)nn2C1. The molecular formula is C24H36N6O2. The quantitative estimate of drug-likeness (QED) is 0.531. The van der Waals surface area contributed by atoms with E-state index in [1.54, 1.807) is 14.2 Å². The predicted molar refractivity (Wildman–Crippen MR) is 126 cm³/mol. The fraction of sp³-hybridized carbons (Fsp3) is 0.625. The molecule has 1 unspecified atom stereocenters. The topological polar surface area (TPSA) is 85.6 Å². The van der Waals surface area contributed by atoms with Gasteiger partial charge in [0.05, 0.1) is 20.8 Å². The second-order valence-corrected chi connectivity index (χ2v) is 8.97. The summed E-state index contributed by atoms with van der Waals surface area (Å²) in [6.07, 6.45) is 8.03. The van der Waals surface area contributed by atoms with Crippen LogP contribution in [0.5, 0.6) is 11.5 Å². The molecule has 4 rings (SSSR count). The van der Waals surface area contributed by atoms with E-state index >= 15 is 0 Å². The smallest absolute Gasteiger partial charge is 0.191 e. The number of nitrogens with one attached hydrogen (secondary N) is 2. The maximum Gasteiger partial charge on any atom is 0.191 e. The lowest BCUT2D eigenvalue weighted by atomic mass is 9.69. The Morgan fingerprint density at radius 1 is 1.19 bits per heavy atom. The molecule has 2 N–H and O–H groups in total. The fourth-order valence-corrected chi connectivity index (χ4v) is 5.15. The fourth-order valence-electron chi connectivity index (χ4n) is 5.15. The first-order chi connectivity index (χ1) is 15.6. The zero-order chi connectivity index (χ0) is 22.6. The highest BCUT2D eigenvalue weighted by Crippen LogP contribution is 2.42. The van der Waals surface area contributed by atoms with Crippen LogP contribution in [-0.4, -0.2) is 54.6 Å². The summed E-state index contributed by atoms with van der Waals surface area (Å²) in [6, 6.07) is 6.66. The lowest BCUT2D eigenvalue weighted by Crippen LogP contribution is -2.51. The van der Waals surface area contributed by atoms with Crippen LogP contribution < -0.4 is 20.1 Å². The highest BCUT2D eigenvalue weighted by molar-refractivity contribution is 5.80. The molecule has 2 aliphatic rings. The predicted octanol–water partition coefficient (Wildman–Crippen LogP) is 2.99. The van der Waals surface area contributed by atoms with Crippen molar-refractivity contribution in [1.29, 1.82) is 0 Å². The molecule has 1 aliphatic carbocycles. The van der Waals surface area contributed by atoms with Crippen LogP contribution in [0.15, 0.2) is 23.2 Å². The van der Waals surface area contributed by atoms with Crippen molar-refractivity contribution in [3.05, 3.63) is 35.4 Å². The van der Waals surface area contributed by atoms with E-state index in [0.717, 1.165) is 67.9 Å². The number of ether oxygens (including phenoxy) is 2. The number of benzene rings is 1. The van der Waals surface area contributed by atoms with Crippen LogP contribution in [0.3, 0.4) is 0 Å². The molecule has 8 heteroatoms. The van der Waals surface area contributed by atoms with Gasteiger partial charge >= 0.3 is 0 Å². The van der Waals surface area contributed by atoms with E-state index in [2.05, 4.69) is 37.8 Å². The Labute approximate surface area is 190 Å². The van der Waals surface area contributed by atoms with Gasteiger partial charge in [-0.1, -0.05) is 25.3 Å². The molecule has 0 radical (unpaired) electrons. The van der Waals surface area contributed by atoms with Gasteiger partial charge in [0.1, 0.15) is 11.6 Å². The maximum atomic E-state index is 5.60. The second-order valence-electron chi connectivity index (χ2n) is 8.97. The Hall–Kier alpha value is -2.77. The molecule has 1 atom stereocenters. The number of aryl methyl sites for hydroxylation is 2. The lowest BCUT2D eigenvalue weighted by Gasteiger charge is -2.39. The molecule has 1 aliphatic heterocycles. The minimum atomic E-state index is 0.0537. The Morgan fingerprint density at radius 3 is 2.69 bits per heavy atom. The molecule has 1 aromatic heterocycles. The van der Waals surface area contributed by atoms with Gasteiger partial charge in [-0.25, -0.2) is 9.67 Å². The number of aliphatic imine (C=N–C) groups is 1. The number of hydrogen-bond acceptors (Lipinski definition) is 5. The summed E-state index contributed by atoms with van der Waals surface area (Å²) in [6.45, 7) is 3.60. The summed E-state index contributed by atoms with van der Waals surface area (Å²) in [5.41, 5.74) is 1.36. The number of methoxy groups -OCH3 is 2. The van der Waals surface area contributed by atoms with E-state index in [4.69, 9.17) is 9.47 Å². The molecule has 1 aromatic carbocycles. The standard InChI is InChI=1S/C24H36N6O2/c1-17-27-22-11-9-19(15-30(22)29-17)28-23(25-2)26-16-24(12-6-5-7-13-24)18-8-10-20(31-3)21(14-18)32-4/h8,10,14,19H,5-7,9,11-13,15-16H2,1-4H3,(H2,25,26,28). The number of aromatic nitrogens is 3. The van der Waals surface area contributed by atoms with Gasteiger partial charge in [0.2, 0.25) is 0 Å². The van der Waals surface area contributed by atoms with Gasteiger partial charge < -0.3 is 20.1 Å². The van der Waals surface area contributed by atoms with Crippen molar-refractivity contribution in [3.8, 4) is 11.5 Å². The largest absolute Gasteiger partial charge is 0.493 e. The molecule has 0 amide bonds. The van der Waals surface area contributed by atoms with Crippen LogP contribution >= 0.6 is 0 Å². The third-order valence-corrected chi connectivity index (χ3v) is 6.93. The zero-order valence-corrected chi connectivity index (χ0v) is 19.8. The summed E-state index contributed by atoms with van der Waals surface area (Å²) in [5.74, 6) is 4.34. The van der Waals surface area contributed by atoms with Crippen LogP contribution in [0.2, 0.25) is 0 Å². The minimum absolute atomic E-state index is 0.0537. The third-order valence-electron chi connectivity index (χ3n) is 6.93. The molecule has 2 aromatic rings. The molecule has 32 heavy (non-hydrogen) atoms. The van der Waals surface area contributed by atoms with Gasteiger partial charge in [0.15, 0.2) is 17.5 Å². The van der Waals surface area contributed by atoms with E-state index in [-0.39, 0.29) is 11.5 Å². The van der Waals surface area contributed by atoms with Gasteiger partial charge in [-0.05, 0) is 43.9 Å². The van der Waals surface area contributed by atoms with Gasteiger partial charge in [-0.2, -0.15) is 5.10 Å². The number of rotatable bonds is 6. The maximum absolute atomic E-state index is 5.60. The van der Waals surface area contributed by atoms with Crippen molar-refractivity contribution in [2.24, 2.45) is 4.99 Å². The number of fused-ring (bicyclic) bond motifs is 1. The van der Waals surface area contributed by atoms with Crippen LogP contribution in [0.25, 0.3) is 0 Å². The van der Waals surface area contributed by atoms with Crippen molar-refractivity contribution in [2.45, 2.75) is 69.9 Å². The Balaban J connectivity index is 1.46. The van der Waals surface area contributed by atoms with Crippen LogP contribution in [0.1, 0.15) is 55.7 Å². The first-order valence-corrected chi connectivity index (χ1v) is 11.7. The summed E-state index contributed by atoms with van der Waals surface area (Å²) in [4.78, 5) is 9.03. The van der Waals surface area contributed by atoms with Gasteiger partial charge in [-0.3, -0.25) is 4.99 Å². The molecule has 174 valence electrons. The van der Waals surface area contributed by atoms with E-state index < -0.39 is 0 Å². The zero-order valence-electron chi connectivity index (χ0n) is 19.8. The minimum Gasteiger partial charge on any atom is -0.493 e. The Bertz CT molecular complexity index is 948. The lowest BCUT2D eigenvalue weighted by molar-refractivity contribution is 0.287. The average Bonchev–Trinajstić information content (AvgIpc) is 3.21. The normalized spacial score (nSPS) is 20.4. The highest BCUT2D eigenvalue weighted by Gasteiger charge is 2.35. The van der Waals surface area contributed by atoms with Crippen molar-refractivity contribution in [1.82, 2.24) is 25.4 Å². The summed E-state index contributed by atoms with van der Waals surface area (Å²) in [7, 11) is 5.22. The molecule has 1 saturated carbocycles. The van der Waals surface area contributed by atoms with E-state index in [1.807, 2.05) is 24.7 Å². The summed E-state index contributed by atoms with van der Waals surface area (Å²) in [5, 5.41) is 11.8. The third kappa shape index (κ3) is 4.69.